The van der Waals surface area contributed by atoms with Gasteiger partial charge in [0.15, 0.2) is 0 Å². The summed E-state index contributed by atoms with van der Waals surface area (Å²) in [5.74, 6) is 0. The standard InChI is InChI=1S/C15H18Cl2N4O/c1-10-14(17)11(2)21(20-10)9-3-8-18-15(22)19-13-6-4-12(16)5-7-13/h4-7H,3,8-9H2,1-2H3,(H2,18,19,22). The van der Waals surface area contributed by atoms with Crippen molar-refractivity contribution in [2.24, 2.45) is 0 Å². The molecule has 0 aliphatic heterocycles. The van der Waals surface area contributed by atoms with Crippen molar-refractivity contribution in [1.82, 2.24) is 15.1 Å². The number of hydrogen-bond donors (Lipinski definition) is 2. The van der Waals surface area contributed by atoms with E-state index in [2.05, 4.69) is 15.7 Å². The molecule has 0 fully saturated rings. The monoisotopic (exact) mass is 340 g/mol. The number of anilines is 1. The minimum absolute atomic E-state index is 0.242. The maximum atomic E-state index is 11.7. The number of hydrogen-bond acceptors (Lipinski definition) is 2. The number of halogens is 2. The summed E-state index contributed by atoms with van der Waals surface area (Å²) in [6, 6.07) is 6.71. The van der Waals surface area contributed by atoms with Gasteiger partial charge in [-0.25, -0.2) is 4.79 Å². The zero-order valence-corrected chi connectivity index (χ0v) is 14.0. The summed E-state index contributed by atoms with van der Waals surface area (Å²) in [5, 5.41) is 11.2. The van der Waals surface area contributed by atoms with Gasteiger partial charge in [-0.3, -0.25) is 4.68 Å². The smallest absolute Gasteiger partial charge is 0.319 e. The third-order valence-electron chi connectivity index (χ3n) is 3.23. The number of nitrogens with one attached hydrogen (secondary N) is 2. The van der Waals surface area contributed by atoms with E-state index in [1.807, 2.05) is 18.5 Å². The molecule has 0 aliphatic rings. The lowest BCUT2D eigenvalue weighted by Crippen LogP contribution is -2.30. The van der Waals surface area contributed by atoms with Gasteiger partial charge in [-0.2, -0.15) is 5.10 Å². The Bertz CT molecular complexity index is 652. The lowest BCUT2D eigenvalue weighted by molar-refractivity contribution is 0.251. The van der Waals surface area contributed by atoms with Crippen LogP contribution in [0.1, 0.15) is 17.8 Å². The highest BCUT2D eigenvalue weighted by Gasteiger charge is 2.08. The van der Waals surface area contributed by atoms with E-state index >= 15 is 0 Å². The largest absolute Gasteiger partial charge is 0.338 e. The minimum Gasteiger partial charge on any atom is -0.338 e. The molecule has 2 amide bonds. The predicted octanol–water partition coefficient (Wildman–Crippen LogP) is 4.02. The highest BCUT2D eigenvalue weighted by Crippen LogP contribution is 2.18. The van der Waals surface area contributed by atoms with Crippen LogP contribution in [0.3, 0.4) is 0 Å². The fourth-order valence-corrected chi connectivity index (χ4v) is 2.29. The van der Waals surface area contributed by atoms with E-state index in [0.717, 1.165) is 17.8 Å². The molecule has 22 heavy (non-hydrogen) atoms. The molecule has 1 heterocycles. The van der Waals surface area contributed by atoms with E-state index in [-0.39, 0.29) is 6.03 Å². The molecule has 0 unspecified atom stereocenters. The second-order valence-electron chi connectivity index (χ2n) is 4.95. The Hall–Kier alpha value is -1.72. The number of amides is 2. The SMILES string of the molecule is Cc1nn(CCCNC(=O)Nc2ccc(Cl)cc2)c(C)c1Cl. The molecule has 1 aromatic heterocycles. The Kier molecular flexibility index (Phi) is 5.69. The lowest BCUT2D eigenvalue weighted by Gasteiger charge is -2.08. The molecule has 2 aromatic rings. The molecule has 1 aromatic carbocycles. The number of nitrogens with zero attached hydrogens (tertiary/aromatic N) is 2. The van der Waals surface area contributed by atoms with Gasteiger partial charge in [-0.1, -0.05) is 23.2 Å². The van der Waals surface area contributed by atoms with Crippen LogP contribution in [0.25, 0.3) is 0 Å². The number of benzene rings is 1. The molecular weight excluding hydrogens is 323 g/mol. The van der Waals surface area contributed by atoms with Gasteiger partial charge in [0, 0.05) is 23.8 Å². The lowest BCUT2D eigenvalue weighted by atomic mass is 10.3. The van der Waals surface area contributed by atoms with E-state index in [0.29, 0.717) is 28.8 Å². The topological polar surface area (TPSA) is 59.0 Å². The summed E-state index contributed by atoms with van der Waals surface area (Å²) in [5.41, 5.74) is 2.48. The maximum absolute atomic E-state index is 11.7. The predicted molar refractivity (Wildman–Crippen MR) is 89.8 cm³/mol. The van der Waals surface area contributed by atoms with Crippen LogP contribution in [-0.4, -0.2) is 22.4 Å². The highest BCUT2D eigenvalue weighted by atomic mass is 35.5. The quantitative estimate of drug-likeness (QED) is 0.807. The maximum Gasteiger partial charge on any atom is 0.319 e. The zero-order chi connectivity index (χ0) is 16.1. The Morgan fingerprint density at radius 2 is 1.91 bits per heavy atom. The highest BCUT2D eigenvalue weighted by molar-refractivity contribution is 6.31. The average Bonchev–Trinajstić information content (AvgIpc) is 2.73. The molecule has 0 aliphatic carbocycles. The molecular formula is C15H18Cl2N4O. The van der Waals surface area contributed by atoms with Gasteiger partial charge < -0.3 is 10.6 Å². The first-order valence-corrected chi connectivity index (χ1v) is 7.73. The molecule has 2 rings (SSSR count). The molecule has 5 nitrogen and oxygen atoms in total. The molecule has 0 radical (unpaired) electrons. The van der Waals surface area contributed by atoms with Crippen LogP contribution in [0.15, 0.2) is 24.3 Å². The molecule has 0 bridgehead atoms. The first-order valence-electron chi connectivity index (χ1n) is 6.97. The third kappa shape index (κ3) is 4.39. The number of rotatable bonds is 5. The Morgan fingerprint density at radius 3 is 2.50 bits per heavy atom. The Balaban J connectivity index is 1.73. The van der Waals surface area contributed by atoms with Crippen molar-refractivity contribution < 1.29 is 4.79 Å². The van der Waals surface area contributed by atoms with Gasteiger partial charge in [-0.15, -0.1) is 0 Å². The van der Waals surface area contributed by atoms with Crippen LogP contribution in [-0.2, 0) is 6.54 Å². The summed E-state index contributed by atoms with van der Waals surface area (Å²) < 4.78 is 1.86. The van der Waals surface area contributed by atoms with E-state index in [1.165, 1.54) is 0 Å². The summed E-state index contributed by atoms with van der Waals surface area (Å²) in [7, 11) is 0. The second-order valence-corrected chi connectivity index (χ2v) is 5.76. The molecule has 118 valence electrons. The van der Waals surface area contributed by atoms with Gasteiger partial charge >= 0.3 is 6.03 Å². The first-order chi connectivity index (χ1) is 10.5. The Labute approximate surface area is 139 Å². The van der Waals surface area contributed by atoms with Crippen molar-refractivity contribution in [2.75, 3.05) is 11.9 Å². The minimum atomic E-state index is -0.242. The van der Waals surface area contributed by atoms with Crippen LogP contribution < -0.4 is 10.6 Å². The number of carbonyl (C=O) groups is 1. The van der Waals surface area contributed by atoms with E-state index in [1.54, 1.807) is 24.3 Å². The first kappa shape index (κ1) is 16.6. The summed E-state index contributed by atoms with van der Waals surface area (Å²) in [6.07, 6.45) is 0.770. The van der Waals surface area contributed by atoms with Crippen molar-refractivity contribution in [3.8, 4) is 0 Å². The fraction of sp³-hybridized carbons (Fsp3) is 0.333. The van der Waals surface area contributed by atoms with Crippen LogP contribution in [0, 0.1) is 13.8 Å². The molecule has 7 heteroatoms. The van der Waals surface area contributed by atoms with Gasteiger partial charge in [0.2, 0.25) is 0 Å². The van der Waals surface area contributed by atoms with Crippen LogP contribution >= 0.6 is 23.2 Å². The van der Waals surface area contributed by atoms with Gasteiger partial charge in [0.05, 0.1) is 16.4 Å². The Morgan fingerprint density at radius 1 is 1.23 bits per heavy atom. The summed E-state index contributed by atoms with van der Waals surface area (Å²) in [4.78, 5) is 11.7. The summed E-state index contributed by atoms with van der Waals surface area (Å²) in [6.45, 7) is 5.07. The normalized spacial score (nSPS) is 10.5. The molecule has 0 saturated carbocycles. The molecule has 0 saturated heterocycles. The number of urea groups is 1. The van der Waals surface area contributed by atoms with Crippen molar-refractivity contribution in [1.29, 1.82) is 0 Å². The van der Waals surface area contributed by atoms with Crippen LogP contribution in [0.2, 0.25) is 10.0 Å². The second kappa shape index (κ2) is 7.51. The molecule has 0 atom stereocenters. The van der Waals surface area contributed by atoms with Crippen molar-refractivity contribution in [2.45, 2.75) is 26.8 Å². The van der Waals surface area contributed by atoms with Crippen LogP contribution in [0.4, 0.5) is 10.5 Å². The average molecular weight is 341 g/mol. The van der Waals surface area contributed by atoms with Crippen molar-refractivity contribution >= 4 is 34.9 Å². The van der Waals surface area contributed by atoms with Crippen molar-refractivity contribution in [3.05, 3.63) is 45.7 Å². The van der Waals surface area contributed by atoms with E-state index in [4.69, 9.17) is 23.2 Å². The summed E-state index contributed by atoms with van der Waals surface area (Å²) >= 11 is 11.9. The number of aryl methyl sites for hydroxylation is 2. The number of aromatic nitrogens is 2. The number of carbonyl (C=O) groups excluding carboxylic acids is 1. The molecule has 0 spiro atoms. The third-order valence-corrected chi connectivity index (χ3v) is 4.03. The van der Waals surface area contributed by atoms with Gasteiger partial charge in [0.25, 0.3) is 0 Å². The molecule has 2 N–H and O–H groups in total. The van der Waals surface area contributed by atoms with Crippen molar-refractivity contribution in [3.63, 3.8) is 0 Å². The fourth-order valence-electron chi connectivity index (χ4n) is 2.03. The van der Waals surface area contributed by atoms with Gasteiger partial charge in [-0.05, 0) is 44.5 Å². The van der Waals surface area contributed by atoms with E-state index in [9.17, 15) is 4.79 Å². The zero-order valence-electron chi connectivity index (χ0n) is 12.5. The van der Waals surface area contributed by atoms with Gasteiger partial charge in [0.1, 0.15) is 0 Å². The van der Waals surface area contributed by atoms with Crippen LogP contribution in [0.5, 0.6) is 0 Å². The van der Waals surface area contributed by atoms with E-state index < -0.39 is 0 Å².